The Morgan fingerprint density at radius 1 is 0.900 bits per heavy atom. The van der Waals surface area contributed by atoms with Gasteiger partial charge in [0.25, 0.3) is 0 Å². The molecule has 0 aromatic rings. The largest absolute Gasteiger partial charge is 0.393 e. The van der Waals surface area contributed by atoms with Crippen LogP contribution in [0.25, 0.3) is 0 Å². The van der Waals surface area contributed by atoms with Gasteiger partial charge in [0.15, 0.2) is 0 Å². The molecule has 3 saturated carbocycles. The highest BCUT2D eigenvalue weighted by molar-refractivity contribution is 5.08. The maximum Gasteiger partial charge on any atom is 0.0596 e. The van der Waals surface area contributed by atoms with Crippen LogP contribution >= 0.6 is 0 Å². The molecule has 3 aliphatic carbocycles. The van der Waals surface area contributed by atoms with Crippen LogP contribution in [-0.2, 0) is 0 Å². The van der Waals surface area contributed by atoms with E-state index in [1.807, 2.05) is 0 Å². The Morgan fingerprint density at radius 3 is 2.30 bits per heavy atom. The monoisotopic (exact) mass is 280 g/mol. The first kappa shape index (κ1) is 14.8. The molecule has 3 rings (SSSR count). The average molecular weight is 280 g/mol. The highest BCUT2D eigenvalue weighted by atomic mass is 16.3. The van der Waals surface area contributed by atoms with Crippen molar-refractivity contribution >= 4 is 0 Å². The first-order valence-electron chi connectivity index (χ1n) is 8.79. The van der Waals surface area contributed by atoms with Gasteiger partial charge in [-0.1, -0.05) is 27.2 Å². The summed E-state index contributed by atoms with van der Waals surface area (Å²) in [7, 11) is 0. The van der Waals surface area contributed by atoms with Gasteiger partial charge in [-0.15, -0.1) is 0 Å². The maximum atomic E-state index is 10.6. The molecule has 0 saturated heterocycles. The summed E-state index contributed by atoms with van der Waals surface area (Å²) in [6, 6.07) is 0. The number of hydrogen-bond donors (Lipinski definition) is 2. The molecule has 0 aliphatic heterocycles. The highest BCUT2D eigenvalue weighted by Gasteiger charge is 2.58. The van der Waals surface area contributed by atoms with Gasteiger partial charge in [0, 0.05) is 0 Å². The zero-order valence-corrected chi connectivity index (χ0v) is 13.4. The van der Waals surface area contributed by atoms with Gasteiger partial charge in [-0.2, -0.15) is 0 Å². The predicted molar refractivity (Wildman–Crippen MR) is 81.3 cm³/mol. The first-order valence-corrected chi connectivity index (χ1v) is 8.79. The fraction of sp³-hybridized carbons (Fsp3) is 1.00. The van der Waals surface area contributed by atoms with Gasteiger partial charge >= 0.3 is 0 Å². The van der Waals surface area contributed by atoms with Crippen molar-refractivity contribution in [1.29, 1.82) is 0 Å². The fourth-order valence-electron chi connectivity index (χ4n) is 6.30. The normalized spacial score (nSPS) is 55.4. The summed E-state index contributed by atoms with van der Waals surface area (Å²) in [6.45, 7) is 6.91. The van der Waals surface area contributed by atoms with Gasteiger partial charge in [-0.05, 0) is 73.5 Å². The molecule has 0 heterocycles. The third kappa shape index (κ3) is 1.90. The minimum Gasteiger partial charge on any atom is -0.393 e. The van der Waals surface area contributed by atoms with Crippen LogP contribution in [0.3, 0.4) is 0 Å². The predicted octanol–water partition coefficient (Wildman–Crippen LogP) is 3.75. The number of hydrogen-bond acceptors (Lipinski definition) is 2. The van der Waals surface area contributed by atoms with Gasteiger partial charge in [0.1, 0.15) is 0 Å². The van der Waals surface area contributed by atoms with Crippen LogP contribution in [0.5, 0.6) is 0 Å². The Balaban J connectivity index is 1.89. The Morgan fingerprint density at radius 2 is 1.60 bits per heavy atom. The molecule has 0 radical (unpaired) electrons. The summed E-state index contributed by atoms with van der Waals surface area (Å²) in [5, 5.41) is 21.0. The van der Waals surface area contributed by atoms with Crippen molar-refractivity contribution in [3.05, 3.63) is 0 Å². The van der Waals surface area contributed by atoms with E-state index in [0.717, 1.165) is 31.6 Å². The first-order chi connectivity index (χ1) is 9.43. The van der Waals surface area contributed by atoms with E-state index in [4.69, 9.17) is 0 Å². The van der Waals surface area contributed by atoms with Crippen molar-refractivity contribution < 1.29 is 10.2 Å². The van der Waals surface area contributed by atoms with Crippen LogP contribution in [0.2, 0.25) is 0 Å². The topological polar surface area (TPSA) is 40.5 Å². The number of fused-ring (bicyclic) bond motifs is 3. The van der Waals surface area contributed by atoms with Crippen LogP contribution in [-0.4, -0.2) is 22.4 Å². The Hall–Kier alpha value is -0.0800. The third-order valence-electron chi connectivity index (χ3n) is 7.56. The third-order valence-corrected chi connectivity index (χ3v) is 7.56. The van der Waals surface area contributed by atoms with E-state index in [1.54, 1.807) is 0 Å². The van der Waals surface area contributed by atoms with E-state index >= 15 is 0 Å². The number of aliphatic hydroxyl groups is 2. The smallest absolute Gasteiger partial charge is 0.0596 e. The Kier molecular flexibility index (Phi) is 3.70. The molecule has 0 bridgehead atoms. The summed E-state index contributed by atoms with van der Waals surface area (Å²) in [4.78, 5) is 0. The summed E-state index contributed by atoms with van der Waals surface area (Å²) in [5.41, 5.74) is 0.281. The minimum atomic E-state index is -0.112. The lowest BCUT2D eigenvalue weighted by Crippen LogP contribution is -2.54. The molecule has 0 spiro atoms. The SMILES string of the molecule is CCCC1(C)C(O)CCC2C1CCC1(C)C(O)CCC21. The Bertz CT molecular complexity index is 368. The molecule has 2 nitrogen and oxygen atoms in total. The molecule has 3 aliphatic rings. The molecule has 0 amide bonds. The van der Waals surface area contributed by atoms with Crippen molar-refractivity contribution in [3.63, 3.8) is 0 Å². The van der Waals surface area contributed by atoms with Crippen LogP contribution < -0.4 is 0 Å². The molecule has 3 fully saturated rings. The van der Waals surface area contributed by atoms with E-state index < -0.39 is 0 Å². The van der Waals surface area contributed by atoms with Crippen LogP contribution in [0.15, 0.2) is 0 Å². The van der Waals surface area contributed by atoms with Crippen molar-refractivity contribution in [1.82, 2.24) is 0 Å². The summed E-state index contributed by atoms with van der Waals surface area (Å²) >= 11 is 0. The zero-order chi connectivity index (χ0) is 14.5. The maximum absolute atomic E-state index is 10.6. The number of rotatable bonds is 2. The quantitative estimate of drug-likeness (QED) is 0.808. The summed E-state index contributed by atoms with van der Waals surface area (Å²) in [6.07, 6.45) is 8.85. The average Bonchev–Trinajstić information content (AvgIpc) is 2.71. The second-order valence-electron chi connectivity index (χ2n) is 8.36. The second-order valence-corrected chi connectivity index (χ2v) is 8.36. The van der Waals surface area contributed by atoms with Gasteiger partial charge in [-0.25, -0.2) is 0 Å². The van der Waals surface area contributed by atoms with Crippen LogP contribution in [0.4, 0.5) is 0 Å². The standard InChI is InChI=1S/C18H32O2/c1-4-10-17(2)14-9-11-18(3)13(6-8-16(18)20)12(14)5-7-15(17)19/h12-16,19-20H,4-11H2,1-3H3. The molecule has 2 N–H and O–H groups in total. The molecular weight excluding hydrogens is 248 g/mol. The molecule has 2 heteroatoms. The van der Waals surface area contributed by atoms with E-state index in [-0.39, 0.29) is 23.0 Å². The van der Waals surface area contributed by atoms with Crippen LogP contribution in [0.1, 0.15) is 72.1 Å². The van der Waals surface area contributed by atoms with Crippen molar-refractivity contribution in [2.75, 3.05) is 0 Å². The molecule has 20 heavy (non-hydrogen) atoms. The van der Waals surface area contributed by atoms with Gasteiger partial charge < -0.3 is 10.2 Å². The molecule has 0 aromatic carbocycles. The summed E-state index contributed by atoms with van der Waals surface area (Å²) in [5.74, 6) is 2.11. The summed E-state index contributed by atoms with van der Waals surface area (Å²) < 4.78 is 0. The van der Waals surface area contributed by atoms with Crippen molar-refractivity contribution in [2.24, 2.45) is 28.6 Å². The molecule has 116 valence electrons. The molecular formula is C18H32O2. The lowest BCUT2D eigenvalue weighted by Gasteiger charge is -2.57. The fourth-order valence-corrected chi connectivity index (χ4v) is 6.30. The highest BCUT2D eigenvalue weighted by Crippen LogP contribution is 2.63. The van der Waals surface area contributed by atoms with Gasteiger partial charge in [0.05, 0.1) is 12.2 Å². The Labute approximate surface area is 124 Å². The van der Waals surface area contributed by atoms with Gasteiger partial charge in [-0.3, -0.25) is 0 Å². The number of aliphatic hydroxyl groups excluding tert-OH is 2. The van der Waals surface area contributed by atoms with Crippen LogP contribution in [0, 0.1) is 28.6 Å². The van der Waals surface area contributed by atoms with Crippen molar-refractivity contribution in [3.8, 4) is 0 Å². The zero-order valence-electron chi connectivity index (χ0n) is 13.4. The second kappa shape index (κ2) is 4.98. The lowest BCUT2D eigenvalue weighted by molar-refractivity contribution is -0.137. The minimum absolute atomic E-state index is 0.0854. The molecule has 0 aromatic heterocycles. The molecule has 7 atom stereocenters. The molecule has 7 unspecified atom stereocenters. The van der Waals surface area contributed by atoms with E-state index in [1.165, 1.54) is 25.7 Å². The van der Waals surface area contributed by atoms with E-state index in [2.05, 4.69) is 20.8 Å². The van der Waals surface area contributed by atoms with Crippen molar-refractivity contribution in [2.45, 2.75) is 84.3 Å². The lowest BCUT2D eigenvalue weighted by atomic mass is 9.48. The van der Waals surface area contributed by atoms with E-state index in [9.17, 15) is 10.2 Å². The van der Waals surface area contributed by atoms with Gasteiger partial charge in [0.2, 0.25) is 0 Å². The van der Waals surface area contributed by atoms with E-state index in [0.29, 0.717) is 11.8 Å².